The molecule has 0 radical (unpaired) electrons. The summed E-state index contributed by atoms with van der Waals surface area (Å²) < 4.78 is 18.7. The van der Waals surface area contributed by atoms with Crippen LogP contribution in [0, 0.1) is 12.7 Å². The number of hydrogen-bond acceptors (Lipinski definition) is 4. The molecule has 2 aromatic heterocycles. The minimum Gasteiger partial charge on any atom is -0.479 e. The fourth-order valence-electron chi connectivity index (χ4n) is 1.59. The number of rotatable bonds is 3. The Balaban J connectivity index is 2.39. The van der Waals surface area contributed by atoms with Crippen molar-refractivity contribution in [1.29, 1.82) is 0 Å². The minimum absolute atomic E-state index is 0.0956. The van der Waals surface area contributed by atoms with E-state index in [1.165, 1.54) is 19.4 Å². The summed E-state index contributed by atoms with van der Waals surface area (Å²) in [5, 5.41) is 10.1. The summed E-state index contributed by atoms with van der Waals surface area (Å²) in [6.45, 7) is 1.89. The van der Waals surface area contributed by atoms with Crippen LogP contribution in [0.15, 0.2) is 30.6 Å². The van der Waals surface area contributed by atoms with Crippen molar-refractivity contribution in [2.75, 3.05) is 7.11 Å². The van der Waals surface area contributed by atoms with E-state index in [1.54, 1.807) is 12.3 Å². The van der Waals surface area contributed by atoms with Gasteiger partial charge in [-0.25, -0.2) is 9.37 Å². The second-order valence-electron chi connectivity index (χ2n) is 3.89. The second-order valence-corrected chi connectivity index (χ2v) is 3.89. The molecule has 2 heterocycles. The van der Waals surface area contributed by atoms with Gasteiger partial charge in [0, 0.05) is 18.0 Å². The number of aliphatic hydroxyl groups is 1. The molecule has 0 aliphatic carbocycles. The zero-order chi connectivity index (χ0) is 13.1. The van der Waals surface area contributed by atoms with E-state index in [2.05, 4.69) is 9.97 Å². The number of aliphatic hydroxyl groups excluding tert-OH is 1. The lowest BCUT2D eigenvalue weighted by Gasteiger charge is -2.12. The van der Waals surface area contributed by atoms with Gasteiger partial charge >= 0.3 is 0 Å². The van der Waals surface area contributed by atoms with Crippen LogP contribution in [0.5, 0.6) is 5.88 Å². The molecule has 0 aliphatic heterocycles. The third-order valence-electron chi connectivity index (χ3n) is 2.59. The number of ether oxygens (including phenoxy) is 1. The van der Waals surface area contributed by atoms with Gasteiger partial charge in [0.25, 0.3) is 0 Å². The quantitative estimate of drug-likeness (QED) is 0.902. The minimum atomic E-state index is -1.14. The predicted octanol–water partition coefficient (Wildman–Crippen LogP) is 2.01. The van der Waals surface area contributed by atoms with Gasteiger partial charge in [-0.3, -0.25) is 4.98 Å². The van der Waals surface area contributed by atoms with Gasteiger partial charge in [-0.05, 0) is 24.6 Å². The molecule has 0 aromatic carbocycles. The maximum absolute atomic E-state index is 13.9. The Morgan fingerprint density at radius 3 is 2.67 bits per heavy atom. The first-order valence-electron chi connectivity index (χ1n) is 5.42. The van der Waals surface area contributed by atoms with Crippen LogP contribution in [-0.2, 0) is 0 Å². The maximum atomic E-state index is 13.9. The lowest BCUT2D eigenvalue weighted by molar-refractivity contribution is 0.208. The van der Waals surface area contributed by atoms with Gasteiger partial charge in [0.05, 0.1) is 12.8 Å². The van der Waals surface area contributed by atoms with Crippen LogP contribution in [0.4, 0.5) is 4.39 Å². The molecule has 5 heteroatoms. The van der Waals surface area contributed by atoms with Crippen LogP contribution >= 0.6 is 0 Å². The lowest BCUT2D eigenvalue weighted by Crippen LogP contribution is -2.06. The zero-order valence-electron chi connectivity index (χ0n) is 10.1. The molecule has 1 unspecified atom stereocenters. The van der Waals surface area contributed by atoms with Gasteiger partial charge in [0.2, 0.25) is 5.88 Å². The van der Waals surface area contributed by atoms with Crippen LogP contribution in [0.3, 0.4) is 0 Å². The molecule has 1 N–H and O–H groups in total. The third-order valence-corrected chi connectivity index (χ3v) is 2.59. The van der Waals surface area contributed by atoms with E-state index in [1.807, 2.05) is 13.0 Å². The molecule has 1 atom stereocenters. The van der Waals surface area contributed by atoms with E-state index < -0.39 is 11.9 Å². The van der Waals surface area contributed by atoms with Crippen molar-refractivity contribution in [1.82, 2.24) is 9.97 Å². The average molecular weight is 248 g/mol. The lowest BCUT2D eigenvalue weighted by atomic mass is 10.1. The summed E-state index contributed by atoms with van der Waals surface area (Å²) in [7, 11) is 1.33. The Hall–Kier alpha value is -2.01. The molecule has 0 aliphatic rings. The van der Waals surface area contributed by atoms with E-state index in [9.17, 15) is 9.50 Å². The molecule has 0 amide bonds. The standard InChI is InChI=1S/C13H13FN2O2/c1-8-3-4-10(16-7-8)12(17)9-5-6-15-13(18-2)11(9)14/h3-7,12,17H,1-2H3. The molecule has 0 spiro atoms. The SMILES string of the molecule is COc1nccc(C(O)c2ccc(C)cn2)c1F. The van der Waals surface area contributed by atoms with Crippen molar-refractivity contribution in [2.24, 2.45) is 0 Å². The van der Waals surface area contributed by atoms with Crippen molar-refractivity contribution >= 4 is 0 Å². The topological polar surface area (TPSA) is 55.2 Å². The van der Waals surface area contributed by atoms with Gasteiger partial charge in [-0.1, -0.05) is 6.07 Å². The molecule has 18 heavy (non-hydrogen) atoms. The summed E-state index contributed by atoms with van der Waals surface area (Å²) in [4.78, 5) is 7.79. The molecule has 94 valence electrons. The molecule has 0 bridgehead atoms. The summed E-state index contributed by atoms with van der Waals surface area (Å²) in [6.07, 6.45) is 1.87. The van der Waals surface area contributed by atoms with Crippen LogP contribution in [-0.4, -0.2) is 22.2 Å². The normalized spacial score (nSPS) is 12.2. The van der Waals surface area contributed by atoms with Crippen molar-refractivity contribution in [2.45, 2.75) is 13.0 Å². The number of aryl methyl sites for hydroxylation is 1. The van der Waals surface area contributed by atoms with E-state index >= 15 is 0 Å². The zero-order valence-corrected chi connectivity index (χ0v) is 10.1. The van der Waals surface area contributed by atoms with E-state index in [0.717, 1.165) is 5.56 Å². The number of methoxy groups -OCH3 is 1. The summed E-state index contributed by atoms with van der Waals surface area (Å²) in [6, 6.07) is 4.87. The van der Waals surface area contributed by atoms with Gasteiger partial charge in [-0.15, -0.1) is 0 Å². The average Bonchev–Trinajstić information content (AvgIpc) is 2.39. The molecule has 2 aromatic rings. The molecule has 0 saturated heterocycles. The summed E-state index contributed by atoms with van der Waals surface area (Å²) in [5.74, 6) is -0.812. The Bertz CT molecular complexity index is 543. The maximum Gasteiger partial charge on any atom is 0.250 e. The fraction of sp³-hybridized carbons (Fsp3) is 0.231. The Kier molecular flexibility index (Phi) is 3.53. The monoisotopic (exact) mass is 248 g/mol. The first-order valence-corrected chi connectivity index (χ1v) is 5.42. The van der Waals surface area contributed by atoms with Crippen molar-refractivity contribution in [3.63, 3.8) is 0 Å². The Morgan fingerprint density at radius 1 is 1.28 bits per heavy atom. The molecular weight excluding hydrogens is 235 g/mol. The first-order chi connectivity index (χ1) is 8.63. The van der Waals surface area contributed by atoms with Crippen molar-refractivity contribution < 1.29 is 14.2 Å². The molecule has 2 rings (SSSR count). The van der Waals surface area contributed by atoms with Gasteiger partial charge in [0.15, 0.2) is 5.82 Å². The van der Waals surface area contributed by atoms with Crippen LogP contribution in [0.2, 0.25) is 0 Å². The number of aromatic nitrogens is 2. The highest BCUT2D eigenvalue weighted by molar-refractivity contribution is 5.31. The van der Waals surface area contributed by atoms with Crippen LogP contribution in [0.1, 0.15) is 22.9 Å². The smallest absolute Gasteiger partial charge is 0.250 e. The number of pyridine rings is 2. The largest absolute Gasteiger partial charge is 0.479 e. The summed E-state index contributed by atoms with van der Waals surface area (Å²) in [5.41, 5.74) is 1.45. The number of hydrogen-bond donors (Lipinski definition) is 1. The highest BCUT2D eigenvalue weighted by atomic mass is 19.1. The predicted molar refractivity (Wildman–Crippen MR) is 63.8 cm³/mol. The highest BCUT2D eigenvalue weighted by Crippen LogP contribution is 2.26. The fourth-order valence-corrected chi connectivity index (χ4v) is 1.59. The van der Waals surface area contributed by atoms with E-state index in [4.69, 9.17) is 4.74 Å². The third kappa shape index (κ3) is 2.31. The molecule has 4 nitrogen and oxygen atoms in total. The number of nitrogens with zero attached hydrogens (tertiary/aromatic N) is 2. The van der Waals surface area contributed by atoms with Crippen LogP contribution < -0.4 is 4.74 Å². The Morgan fingerprint density at radius 2 is 2.06 bits per heavy atom. The van der Waals surface area contributed by atoms with Gasteiger partial charge in [0.1, 0.15) is 6.10 Å². The Labute approximate surface area is 104 Å². The highest BCUT2D eigenvalue weighted by Gasteiger charge is 2.19. The van der Waals surface area contributed by atoms with Crippen LogP contribution in [0.25, 0.3) is 0 Å². The first kappa shape index (κ1) is 12.4. The molecule has 0 fully saturated rings. The molecule has 0 saturated carbocycles. The summed E-state index contributed by atoms with van der Waals surface area (Å²) >= 11 is 0. The van der Waals surface area contributed by atoms with Crippen molar-refractivity contribution in [3.05, 3.63) is 53.2 Å². The van der Waals surface area contributed by atoms with Crippen molar-refractivity contribution in [3.8, 4) is 5.88 Å². The molecular formula is C13H13FN2O2. The number of halogens is 1. The van der Waals surface area contributed by atoms with Gasteiger partial charge in [-0.2, -0.15) is 0 Å². The van der Waals surface area contributed by atoms with E-state index in [0.29, 0.717) is 5.69 Å². The van der Waals surface area contributed by atoms with Gasteiger partial charge < -0.3 is 9.84 Å². The second kappa shape index (κ2) is 5.10. The van der Waals surface area contributed by atoms with E-state index in [-0.39, 0.29) is 11.4 Å².